The molecule has 2 rings (SSSR count). The van der Waals surface area contributed by atoms with Gasteiger partial charge in [-0.2, -0.15) is 0 Å². The number of hydrogen-bond acceptors (Lipinski definition) is 4. The van der Waals surface area contributed by atoms with Crippen molar-refractivity contribution in [2.24, 2.45) is 10.9 Å². The second-order valence-electron chi connectivity index (χ2n) is 3.01. The van der Waals surface area contributed by atoms with Gasteiger partial charge in [-0.05, 0) is 22.0 Å². The van der Waals surface area contributed by atoms with E-state index in [-0.39, 0.29) is 11.7 Å². The van der Waals surface area contributed by atoms with Gasteiger partial charge < -0.3 is 10.1 Å². The van der Waals surface area contributed by atoms with E-state index in [1.807, 2.05) is 0 Å². The molecule has 2 heterocycles. The molecule has 0 saturated carbocycles. The molecule has 1 N–H and O–H groups in total. The highest BCUT2D eigenvalue weighted by molar-refractivity contribution is 9.12. The van der Waals surface area contributed by atoms with E-state index < -0.39 is 0 Å². The third-order valence-electron chi connectivity index (χ3n) is 2.21. The van der Waals surface area contributed by atoms with Crippen molar-refractivity contribution in [3.63, 3.8) is 0 Å². The SMILES string of the molecule is COC1=NCC2C(=O)C=CNC2=C1Br. The van der Waals surface area contributed by atoms with Crippen LogP contribution in [0.2, 0.25) is 0 Å². The summed E-state index contributed by atoms with van der Waals surface area (Å²) in [4.78, 5) is 15.6. The lowest BCUT2D eigenvalue weighted by molar-refractivity contribution is -0.117. The fourth-order valence-corrected chi connectivity index (χ4v) is 2.16. The largest absolute Gasteiger partial charge is 0.480 e. The molecule has 14 heavy (non-hydrogen) atoms. The van der Waals surface area contributed by atoms with Crippen LogP contribution in [0.1, 0.15) is 0 Å². The number of dihydropyridines is 1. The second kappa shape index (κ2) is 3.57. The predicted molar refractivity (Wildman–Crippen MR) is 56.0 cm³/mol. The molecule has 0 aromatic carbocycles. The van der Waals surface area contributed by atoms with Crippen molar-refractivity contribution in [2.75, 3.05) is 13.7 Å². The smallest absolute Gasteiger partial charge is 0.224 e. The number of carbonyl (C=O) groups excluding carboxylic acids is 1. The molecule has 0 bridgehead atoms. The Kier molecular flexibility index (Phi) is 2.41. The number of carbonyl (C=O) groups is 1. The van der Waals surface area contributed by atoms with E-state index in [1.54, 1.807) is 13.3 Å². The Labute approximate surface area is 89.9 Å². The molecule has 0 amide bonds. The number of nitrogens with zero attached hydrogens (tertiary/aromatic N) is 1. The minimum absolute atomic E-state index is 0.0783. The van der Waals surface area contributed by atoms with E-state index in [4.69, 9.17) is 4.74 Å². The van der Waals surface area contributed by atoms with Gasteiger partial charge in [-0.1, -0.05) is 0 Å². The number of allylic oxidation sites excluding steroid dienone is 1. The van der Waals surface area contributed by atoms with E-state index in [1.165, 1.54) is 6.08 Å². The monoisotopic (exact) mass is 256 g/mol. The van der Waals surface area contributed by atoms with E-state index in [0.717, 1.165) is 10.2 Å². The van der Waals surface area contributed by atoms with Crippen molar-refractivity contribution in [3.05, 3.63) is 22.5 Å². The molecule has 0 aliphatic carbocycles. The lowest BCUT2D eigenvalue weighted by Gasteiger charge is -2.25. The van der Waals surface area contributed by atoms with Crippen LogP contribution in [0.4, 0.5) is 0 Å². The number of hydrogen-bond donors (Lipinski definition) is 1. The Morgan fingerprint density at radius 3 is 3.21 bits per heavy atom. The first-order valence-corrected chi connectivity index (χ1v) is 4.98. The minimum atomic E-state index is -0.187. The van der Waals surface area contributed by atoms with E-state index in [9.17, 15) is 4.79 Å². The number of fused-ring (bicyclic) bond motifs is 1. The van der Waals surface area contributed by atoms with Crippen LogP contribution in [0.3, 0.4) is 0 Å². The Balaban J connectivity index is 2.40. The van der Waals surface area contributed by atoms with Crippen molar-refractivity contribution in [2.45, 2.75) is 0 Å². The van der Waals surface area contributed by atoms with Crippen LogP contribution in [-0.2, 0) is 9.53 Å². The third-order valence-corrected chi connectivity index (χ3v) is 2.98. The fourth-order valence-electron chi connectivity index (χ4n) is 1.48. The lowest BCUT2D eigenvalue weighted by atomic mass is 9.95. The summed E-state index contributed by atoms with van der Waals surface area (Å²) in [6.45, 7) is 0.448. The van der Waals surface area contributed by atoms with Gasteiger partial charge >= 0.3 is 0 Å². The number of aliphatic imine (C=N–C) groups is 1. The van der Waals surface area contributed by atoms with Crippen LogP contribution < -0.4 is 5.32 Å². The Morgan fingerprint density at radius 1 is 1.71 bits per heavy atom. The molecule has 1 atom stereocenters. The maximum Gasteiger partial charge on any atom is 0.224 e. The summed E-state index contributed by atoms with van der Waals surface area (Å²) in [5, 5.41) is 3.04. The van der Waals surface area contributed by atoms with E-state index in [2.05, 4.69) is 26.2 Å². The molecule has 5 heteroatoms. The van der Waals surface area contributed by atoms with Crippen LogP contribution in [0, 0.1) is 5.92 Å². The van der Waals surface area contributed by atoms with Crippen molar-refractivity contribution in [3.8, 4) is 0 Å². The highest BCUT2D eigenvalue weighted by Gasteiger charge is 2.30. The van der Waals surface area contributed by atoms with Gasteiger partial charge in [-0.3, -0.25) is 4.79 Å². The average Bonchev–Trinajstić information content (AvgIpc) is 2.20. The van der Waals surface area contributed by atoms with Crippen molar-refractivity contribution in [1.29, 1.82) is 0 Å². The summed E-state index contributed by atoms with van der Waals surface area (Å²) in [7, 11) is 1.56. The Bertz CT molecular complexity index is 371. The molecule has 74 valence electrons. The molecule has 0 aromatic rings. The first kappa shape index (κ1) is 9.45. The molecular weight excluding hydrogens is 248 g/mol. The maximum atomic E-state index is 11.5. The highest BCUT2D eigenvalue weighted by Crippen LogP contribution is 2.27. The van der Waals surface area contributed by atoms with Gasteiger partial charge in [-0.15, -0.1) is 0 Å². The van der Waals surface area contributed by atoms with Crippen LogP contribution in [0.25, 0.3) is 0 Å². The summed E-state index contributed by atoms with van der Waals surface area (Å²) in [6.07, 6.45) is 3.16. The topological polar surface area (TPSA) is 50.7 Å². The first-order valence-electron chi connectivity index (χ1n) is 4.19. The number of rotatable bonds is 0. The summed E-state index contributed by atoms with van der Waals surface area (Å²) in [6, 6.07) is 0. The Morgan fingerprint density at radius 2 is 2.50 bits per heavy atom. The molecule has 2 aliphatic rings. The van der Waals surface area contributed by atoms with E-state index >= 15 is 0 Å². The number of methoxy groups -OCH3 is 1. The normalized spacial score (nSPS) is 25.4. The van der Waals surface area contributed by atoms with Crippen molar-refractivity contribution >= 4 is 27.6 Å². The number of halogens is 1. The Hall–Kier alpha value is -1.10. The maximum absolute atomic E-state index is 11.5. The number of ether oxygens (including phenoxy) is 1. The van der Waals surface area contributed by atoms with Crippen LogP contribution in [0.5, 0.6) is 0 Å². The summed E-state index contributed by atoms with van der Waals surface area (Å²) in [5.41, 5.74) is 0.837. The second-order valence-corrected chi connectivity index (χ2v) is 3.80. The zero-order valence-electron chi connectivity index (χ0n) is 7.58. The van der Waals surface area contributed by atoms with Gasteiger partial charge in [0.1, 0.15) is 0 Å². The van der Waals surface area contributed by atoms with Crippen LogP contribution in [0.15, 0.2) is 27.4 Å². The number of ketones is 1. The molecule has 0 fully saturated rings. The fraction of sp³-hybridized carbons (Fsp3) is 0.333. The first-order chi connectivity index (χ1) is 6.74. The zero-order valence-corrected chi connectivity index (χ0v) is 9.17. The zero-order chi connectivity index (χ0) is 10.1. The molecule has 0 radical (unpaired) electrons. The summed E-state index contributed by atoms with van der Waals surface area (Å²) < 4.78 is 5.79. The summed E-state index contributed by atoms with van der Waals surface area (Å²) in [5.74, 6) is 0.426. The number of nitrogens with one attached hydrogen (secondary N) is 1. The van der Waals surface area contributed by atoms with Gasteiger partial charge in [0.2, 0.25) is 5.90 Å². The predicted octanol–water partition coefficient (Wildman–Crippen LogP) is 0.954. The third kappa shape index (κ3) is 1.37. The standard InChI is InChI=1S/C9H9BrN2O2/c1-14-9-7(10)8-5(4-12-9)6(13)2-3-11-8/h2-3,5,11H,4H2,1H3. The van der Waals surface area contributed by atoms with Gasteiger partial charge in [0, 0.05) is 11.9 Å². The van der Waals surface area contributed by atoms with Gasteiger partial charge in [0.25, 0.3) is 0 Å². The molecule has 1 unspecified atom stereocenters. The van der Waals surface area contributed by atoms with Gasteiger partial charge in [0.05, 0.1) is 24.1 Å². The molecule has 4 nitrogen and oxygen atoms in total. The van der Waals surface area contributed by atoms with Gasteiger partial charge in [-0.25, -0.2) is 4.99 Å². The molecule has 0 spiro atoms. The van der Waals surface area contributed by atoms with Crippen molar-refractivity contribution < 1.29 is 9.53 Å². The van der Waals surface area contributed by atoms with Crippen LogP contribution >= 0.6 is 15.9 Å². The quantitative estimate of drug-likeness (QED) is 0.703. The lowest BCUT2D eigenvalue weighted by Crippen LogP contribution is -2.34. The van der Waals surface area contributed by atoms with Crippen LogP contribution in [-0.4, -0.2) is 25.3 Å². The molecule has 2 aliphatic heterocycles. The minimum Gasteiger partial charge on any atom is -0.480 e. The molecular formula is C9H9BrN2O2. The molecule has 0 aromatic heterocycles. The average molecular weight is 257 g/mol. The van der Waals surface area contributed by atoms with Crippen molar-refractivity contribution in [1.82, 2.24) is 5.32 Å². The van der Waals surface area contributed by atoms with E-state index in [0.29, 0.717) is 12.4 Å². The van der Waals surface area contributed by atoms with Gasteiger partial charge in [0.15, 0.2) is 5.78 Å². The summed E-state index contributed by atoms with van der Waals surface area (Å²) >= 11 is 3.36. The molecule has 0 saturated heterocycles. The highest BCUT2D eigenvalue weighted by atomic mass is 79.9.